The summed E-state index contributed by atoms with van der Waals surface area (Å²) in [4.78, 5) is 11.3. The lowest BCUT2D eigenvalue weighted by Crippen LogP contribution is -2.27. The average molecular weight is 239 g/mol. The Morgan fingerprint density at radius 2 is 1.56 bits per heavy atom. The van der Waals surface area contributed by atoms with E-state index in [1.807, 2.05) is 48.5 Å². The fourth-order valence-corrected chi connectivity index (χ4v) is 2.03. The first-order valence-corrected chi connectivity index (χ1v) is 6.11. The molecule has 1 unspecified atom stereocenters. The second-order valence-corrected chi connectivity index (χ2v) is 4.35. The summed E-state index contributed by atoms with van der Waals surface area (Å²) >= 11 is 0. The van der Waals surface area contributed by atoms with Crippen LogP contribution in [-0.2, 0) is 11.2 Å². The molecule has 2 heteroatoms. The van der Waals surface area contributed by atoms with Gasteiger partial charge in [0, 0.05) is 6.92 Å². The van der Waals surface area contributed by atoms with E-state index in [9.17, 15) is 4.79 Å². The molecule has 0 aliphatic carbocycles. The number of rotatable bonds is 4. The van der Waals surface area contributed by atoms with Gasteiger partial charge in [0.25, 0.3) is 0 Å². The van der Waals surface area contributed by atoms with Crippen LogP contribution in [0.2, 0.25) is 0 Å². The van der Waals surface area contributed by atoms with Crippen molar-refractivity contribution < 1.29 is 4.79 Å². The highest BCUT2D eigenvalue weighted by Gasteiger charge is 2.12. The normalized spacial score (nSPS) is 11.8. The van der Waals surface area contributed by atoms with Crippen LogP contribution in [0.15, 0.2) is 60.7 Å². The smallest absolute Gasteiger partial charge is 0.217 e. The van der Waals surface area contributed by atoms with Gasteiger partial charge in [0.15, 0.2) is 0 Å². The Labute approximate surface area is 108 Å². The Kier molecular flexibility index (Phi) is 4.13. The van der Waals surface area contributed by atoms with Crippen molar-refractivity contribution in [3.05, 3.63) is 71.8 Å². The third kappa shape index (κ3) is 3.45. The maximum Gasteiger partial charge on any atom is 0.217 e. The largest absolute Gasteiger partial charge is 0.349 e. The Morgan fingerprint density at radius 3 is 2.11 bits per heavy atom. The van der Waals surface area contributed by atoms with E-state index >= 15 is 0 Å². The zero-order chi connectivity index (χ0) is 12.8. The highest BCUT2D eigenvalue weighted by molar-refractivity contribution is 5.73. The van der Waals surface area contributed by atoms with Gasteiger partial charge in [-0.1, -0.05) is 60.7 Å². The van der Waals surface area contributed by atoms with Gasteiger partial charge in [-0.05, 0) is 17.5 Å². The predicted octanol–water partition coefficient (Wildman–Crippen LogP) is 3.11. The maximum absolute atomic E-state index is 11.3. The van der Waals surface area contributed by atoms with E-state index in [-0.39, 0.29) is 11.9 Å². The molecular formula is C16H17NO. The molecule has 2 rings (SSSR count). The molecule has 0 bridgehead atoms. The molecular weight excluding hydrogens is 222 g/mol. The van der Waals surface area contributed by atoms with Crippen LogP contribution >= 0.6 is 0 Å². The van der Waals surface area contributed by atoms with Crippen LogP contribution in [0.25, 0.3) is 0 Å². The predicted molar refractivity (Wildman–Crippen MR) is 73.1 cm³/mol. The van der Waals surface area contributed by atoms with Crippen LogP contribution in [0, 0.1) is 0 Å². The van der Waals surface area contributed by atoms with Crippen molar-refractivity contribution in [1.82, 2.24) is 5.32 Å². The van der Waals surface area contributed by atoms with Gasteiger partial charge in [0.1, 0.15) is 0 Å². The maximum atomic E-state index is 11.3. The molecule has 2 aromatic rings. The molecule has 0 aliphatic rings. The molecule has 1 atom stereocenters. The molecule has 1 N–H and O–H groups in total. The summed E-state index contributed by atoms with van der Waals surface area (Å²) in [5.41, 5.74) is 2.36. The van der Waals surface area contributed by atoms with Gasteiger partial charge in [-0.3, -0.25) is 4.79 Å². The Balaban J connectivity index is 2.18. The topological polar surface area (TPSA) is 29.1 Å². The summed E-state index contributed by atoms with van der Waals surface area (Å²) in [6.45, 7) is 1.56. The fraction of sp³-hybridized carbons (Fsp3) is 0.188. The number of benzene rings is 2. The lowest BCUT2D eigenvalue weighted by Gasteiger charge is -2.18. The molecule has 0 saturated heterocycles. The number of hydrogen-bond donors (Lipinski definition) is 1. The first-order chi connectivity index (χ1) is 8.75. The molecule has 0 heterocycles. The SMILES string of the molecule is CC(=O)NC(Cc1ccccc1)c1ccccc1. The first-order valence-electron chi connectivity index (χ1n) is 6.11. The zero-order valence-electron chi connectivity index (χ0n) is 10.5. The highest BCUT2D eigenvalue weighted by Crippen LogP contribution is 2.18. The molecule has 0 fully saturated rings. The Hall–Kier alpha value is -2.09. The minimum Gasteiger partial charge on any atom is -0.349 e. The van der Waals surface area contributed by atoms with E-state index in [2.05, 4.69) is 17.4 Å². The number of hydrogen-bond acceptors (Lipinski definition) is 1. The van der Waals surface area contributed by atoms with Gasteiger partial charge in [-0.2, -0.15) is 0 Å². The van der Waals surface area contributed by atoms with Crippen molar-refractivity contribution >= 4 is 5.91 Å². The van der Waals surface area contributed by atoms with E-state index in [1.165, 1.54) is 5.56 Å². The third-order valence-electron chi connectivity index (χ3n) is 2.86. The minimum atomic E-state index is -0.000200. The lowest BCUT2D eigenvalue weighted by molar-refractivity contribution is -0.119. The second kappa shape index (κ2) is 6.01. The molecule has 92 valence electrons. The van der Waals surface area contributed by atoms with Crippen LogP contribution in [0.3, 0.4) is 0 Å². The van der Waals surface area contributed by atoms with E-state index in [0.29, 0.717) is 0 Å². The number of amides is 1. The molecule has 0 aromatic heterocycles. The van der Waals surface area contributed by atoms with Gasteiger partial charge in [0.2, 0.25) is 5.91 Å². The quantitative estimate of drug-likeness (QED) is 0.872. The summed E-state index contributed by atoms with van der Waals surface area (Å²) in [6.07, 6.45) is 0.810. The summed E-state index contributed by atoms with van der Waals surface area (Å²) < 4.78 is 0. The lowest BCUT2D eigenvalue weighted by atomic mass is 9.99. The number of carbonyl (C=O) groups is 1. The van der Waals surface area contributed by atoms with E-state index in [4.69, 9.17) is 0 Å². The average Bonchev–Trinajstić information content (AvgIpc) is 2.40. The summed E-state index contributed by atoms with van der Waals surface area (Å²) in [6, 6.07) is 20.3. The fourth-order valence-electron chi connectivity index (χ4n) is 2.03. The highest BCUT2D eigenvalue weighted by atomic mass is 16.1. The van der Waals surface area contributed by atoms with Gasteiger partial charge in [0.05, 0.1) is 6.04 Å². The standard InChI is InChI=1S/C16H17NO/c1-13(18)17-16(15-10-6-3-7-11-15)12-14-8-4-2-5-9-14/h2-11,16H,12H2,1H3,(H,17,18). The first kappa shape index (κ1) is 12.4. The van der Waals surface area contributed by atoms with Gasteiger partial charge >= 0.3 is 0 Å². The third-order valence-corrected chi connectivity index (χ3v) is 2.86. The molecule has 0 spiro atoms. The van der Waals surface area contributed by atoms with Crippen LogP contribution in [-0.4, -0.2) is 5.91 Å². The Morgan fingerprint density at radius 1 is 1.00 bits per heavy atom. The zero-order valence-corrected chi connectivity index (χ0v) is 10.5. The van der Waals surface area contributed by atoms with Crippen molar-refractivity contribution in [3.8, 4) is 0 Å². The number of carbonyl (C=O) groups excluding carboxylic acids is 1. The van der Waals surface area contributed by atoms with Crippen molar-refractivity contribution in [3.63, 3.8) is 0 Å². The van der Waals surface area contributed by atoms with Crippen molar-refractivity contribution in [2.45, 2.75) is 19.4 Å². The number of nitrogens with one attached hydrogen (secondary N) is 1. The van der Waals surface area contributed by atoms with Gasteiger partial charge in [-0.15, -0.1) is 0 Å². The summed E-state index contributed by atoms with van der Waals surface area (Å²) in [7, 11) is 0. The monoisotopic (exact) mass is 239 g/mol. The van der Waals surface area contributed by atoms with E-state index in [1.54, 1.807) is 6.92 Å². The van der Waals surface area contributed by atoms with Crippen molar-refractivity contribution in [2.75, 3.05) is 0 Å². The molecule has 0 radical (unpaired) electrons. The van der Waals surface area contributed by atoms with Gasteiger partial charge in [-0.25, -0.2) is 0 Å². The van der Waals surface area contributed by atoms with Crippen LogP contribution in [0.4, 0.5) is 0 Å². The molecule has 2 aromatic carbocycles. The summed E-state index contributed by atoms with van der Waals surface area (Å²) in [5.74, 6) is -0.000200. The van der Waals surface area contributed by atoms with E-state index in [0.717, 1.165) is 12.0 Å². The van der Waals surface area contributed by atoms with E-state index < -0.39 is 0 Å². The molecule has 18 heavy (non-hydrogen) atoms. The van der Waals surface area contributed by atoms with Crippen molar-refractivity contribution in [1.29, 1.82) is 0 Å². The van der Waals surface area contributed by atoms with Crippen LogP contribution < -0.4 is 5.32 Å². The molecule has 2 nitrogen and oxygen atoms in total. The minimum absolute atomic E-state index is 0.000200. The van der Waals surface area contributed by atoms with Crippen LogP contribution in [0.1, 0.15) is 24.1 Å². The molecule has 1 amide bonds. The second-order valence-electron chi connectivity index (χ2n) is 4.35. The Bertz CT molecular complexity index is 493. The molecule has 0 aliphatic heterocycles. The van der Waals surface area contributed by atoms with Crippen LogP contribution in [0.5, 0.6) is 0 Å². The van der Waals surface area contributed by atoms with Crippen molar-refractivity contribution in [2.24, 2.45) is 0 Å². The van der Waals surface area contributed by atoms with Gasteiger partial charge < -0.3 is 5.32 Å². The summed E-state index contributed by atoms with van der Waals surface area (Å²) in [5, 5.41) is 3.01. The molecule has 0 saturated carbocycles.